The number of hydrogen-bond donors (Lipinski definition) is 1. The second-order valence-electron chi connectivity index (χ2n) is 5.40. The molecule has 0 spiro atoms. The number of rotatable bonds is 5. The Morgan fingerprint density at radius 1 is 1.45 bits per heavy atom. The molecular weight excluding hydrogens is 298 g/mol. The second kappa shape index (κ2) is 6.33. The number of hydrogen-bond acceptors (Lipinski definition) is 4. The van der Waals surface area contributed by atoms with Crippen molar-refractivity contribution in [2.45, 2.75) is 39.0 Å². The summed E-state index contributed by atoms with van der Waals surface area (Å²) in [4.78, 5) is 0. The van der Waals surface area contributed by atoms with E-state index < -0.39 is 9.84 Å². The average Bonchev–Trinajstić information content (AvgIpc) is 2.67. The first-order valence-electron chi connectivity index (χ1n) is 6.75. The molecule has 0 aliphatic carbocycles. The summed E-state index contributed by atoms with van der Waals surface area (Å²) in [6.07, 6.45) is 0.280. The molecule has 0 aromatic heterocycles. The lowest BCUT2D eigenvalue weighted by Crippen LogP contribution is -2.24. The molecule has 1 heterocycles. The Morgan fingerprint density at radius 3 is 2.80 bits per heavy atom. The van der Waals surface area contributed by atoms with Crippen LogP contribution in [-0.2, 0) is 16.4 Å². The SMILES string of the molecule is CC(C)NCc1c(Cl)cccc1OC1CCS(=O)(=O)C1. The highest BCUT2D eigenvalue weighted by atomic mass is 35.5. The van der Waals surface area contributed by atoms with Gasteiger partial charge in [-0.05, 0) is 18.6 Å². The fraction of sp³-hybridized carbons (Fsp3) is 0.571. The first-order chi connectivity index (χ1) is 9.37. The van der Waals surface area contributed by atoms with Crippen molar-refractivity contribution in [3.8, 4) is 5.75 Å². The molecule has 1 atom stereocenters. The zero-order valence-corrected chi connectivity index (χ0v) is 13.3. The highest BCUT2D eigenvalue weighted by Crippen LogP contribution is 2.29. The third kappa shape index (κ3) is 4.11. The summed E-state index contributed by atoms with van der Waals surface area (Å²) in [6.45, 7) is 4.72. The Kier molecular flexibility index (Phi) is 4.94. The lowest BCUT2D eigenvalue weighted by molar-refractivity contribution is 0.226. The van der Waals surface area contributed by atoms with Gasteiger partial charge in [0.05, 0.1) is 11.5 Å². The Balaban J connectivity index is 2.13. The topological polar surface area (TPSA) is 55.4 Å². The number of sulfone groups is 1. The molecule has 1 aliphatic rings. The Hall–Kier alpha value is -0.780. The lowest BCUT2D eigenvalue weighted by atomic mass is 10.2. The molecule has 1 N–H and O–H groups in total. The lowest BCUT2D eigenvalue weighted by Gasteiger charge is -2.18. The molecule has 2 rings (SSSR count). The van der Waals surface area contributed by atoms with Crippen LogP contribution in [0.1, 0.15) is 25.8 Å². The minimum atomic E-state index is -2.94. The van der Waals surface area contributed by atoms with E-state index in [1.54, 1.807) is 0 Å². The van der Waals surface area contributed by atoms with Crippen molar-refractivity contribution < 1.29 is 13.2 Å². The molecule has 1 fully saturated rings. The minimum absolute atomic E-state index is 0.0938. The van der Waals surface area contributed by atoms with Crippen LogP contribution in [0.15, 0.2) is 18.2 Å². The van der Waals surface area contributed by atoms with Crippen LogP contribution in [0.25, 0.3) is 0 Å². The van der Waals surface area contributed by atoms with E-state index in [1.807, 2.05) is 18.2 Å². The van der Waals surface area contributed by atoms with E-state index in [9.17, 15) is 8.42 Å². The summed E-state index contributed by atoms with van der Waals surface area (Å²) in [5, 5.41) is 3.94. The first kappa shape index (κ1) is 15.6. The summed E-state index contributed by atoms with van der Waals surface area (Å²) < 4.78 is 28.8. The zero-order chi connectivity index (χ0) is 14.8. The smallest absolute Gasteiger partial charge is 0.154 e. The van der Waals surface area contributed by atoms with Gasteiger partial charge in [-0.3, -0.25) is 0 Å². The van der Waals surface area contributed by atoms with Crippen LogP contribution >= 0.6 is 11.6 Å². The van der Waals surface area contributed by atoms with Crippen molar-refractivity contribution in [3.63, 3.8) is 0 Å². The second-order valence-corrected chi connectivity index (χ2v) is 8.03. The van der Waals surface area contributed by atoms with Gasteiger partial charge in [0.15, 0.2) is 9.84 Å². The van der Waals surface area contributed by atoms with E-state index in [0.29, 0.717) is 29.8 Å². The molecule has 0 bridgehead atoms. The van der Waals surface area contributed by atoms with Gasteiger partial charge in [-0.2, -0.15) is 0 Å². The van der Waals surface area contributed by atoms with Crippen molar-refractivity contribution in [2.24, 2.45) is 0 Å². The summed E-state index contributed by atoms with van der Waals surface area (Å²) >= 11 is 6.22. The predicted molar refractivity (Wildman–Crippen MR) is 81.1 cm³/mol. The Morgan fingerprint density at radius 2 is 2.20 bits per heavy atom. The predicted octanol–water partition coefficient (Wildman–Crippen LogP) is 2.40. The average molecular weight is 318 g/mol. The van der Waals surface area contributed by atoms with Crippen LogP contribution < -0.4 is 10.1 Å². The van der Waals surface area contributed by atoms with Gasteiger partial charge in [-0.25, -0.2) is 8.42 Å². The van der Waals surface area contributed by atoms with Gasteiger partial charge in [0.25, 0.3) is 0 Å². The highest BCUT2D eigenvalue weighted by Gasteiger charge is 2.30. The van der Waals surface area contributed by atoms with Crippen molar-refractivity contribution in [1.82, 2.24) is 5.32 Å². The minimum Gasteiger partial charge on any atom is -0.489 e. The quantitative estimate of drug-likeness (QED) is 0.906. The van der Waals surface area contributed by atoms with E-state index in [0.717, 1.165) is 5.56 Å². The zero-order valence-electron chi connectivity index (χ0n) is 11.7. The highest BCUT2D eigenvalue weighted by molar-refractivity contribution is 7.91. The Bertz CT molecular complexity index is 572. The van der Waals surface area contributed by atoms with E-state index in [-0.39, 0.29) is 17.6 Å². The molecule has 4 nitrogen and oxygen atoms in total. The number of nitrogens with one attached hydrogen (secondary N) is 1. The normalized spacial score (nSPS) is 21.3. The van der Waals surface area contributed by atoms with Crippen molar-refractivity contribution >= 4 is 21.4 Å². The molecule has 1 saturated heterocycles. The number of halogens is 1. The monoisotopic (exact) mass is 317 g/mol. The molecule has 1 aromatic carbocycles. The first-order valence-corrected chi connectivity index (χ1v) is 8.95. The van der Waals surface area contributed by atoms with Crippen molar-refractivity contribution in [1.29, 1.82) is 0 Å². The Labute approximate surface area is 125 Å². The van der Waals surface area contributed by atoms with Crippen LogP contribution in [0.2, 0.25) is 5.02 Å². The van der Waals surface area contributed by atoms with Crippen LogP contribution in [0, 0.1) is 0 Å². The molecule has 0 amide bonds. The van der Waals surface area contributed by atoms with Crippen molar-refractivity contribution in [3.05, 3.63) is 28.8 Å². The molecule has 6 heteroatoms. The summed E-state index contributed by atoms with van der Waals surface area (Å²) in [5.41, 5.74) is 0.882. The fourth-order valence-corrected chi connectivity index (χ4v) is 3.98. The summed E-state index contributed by atoms with van der Waals surface area (Å²) in [7, 11) is -2.94. The van der Waals surface area contributed by atoms with Crippen LogP contribution in [0.5, 0.6) is 5.75 Å². The van der Waals surface area contributed by atoms with E-state index in [4.69, 9.17) is 16.3 Å². The molecule has 1 aromatic rings. The molecule has 20 heavy (non-hydrogen) atoms. The van der Waals surface area contributed by atoms with Gasteiger partial charge in [0.1, 0.15) is 11.9 Å². The van der Waals surface area contributed by atoms with Gasteiger partial charge >= 0.3 is 0 Å². The maximum atomic E-state index is 11.5. The third-order valence-electron chi connectivity index (χ3n) is 3.25. The fourth-order valence-electron chi connectivity index (χ4n) is 2.16. The maximum absolute atomic E-state index is 11.5. The van der Waals surface area contributed by atoms with Gasteiger partial charge in [-0.15, -0.1) is 0 Å². The molecular formula is C14H20ClNO3S. The molecule has 112 valence electrons. The van der Waals surface area contributed by atoms with E-state index in [2.05, 4.69) is 19.2 Å². The van der Waals surface area contributed by atoms with Gasteiger partial charge in [-0.1, -0.05) is 31.5 Å². The van der Waals surface area contributed by atoms with Gasteiger partial charge in [0.2, 0.25) is 0 Å². The van der Waals surface area contributed by atoms with Gasteiger partial charge < -0.3 is 10.1 Å². The third-order valence-corrected chi connectivity index (χ3v) is 5.34. The van der Waals surface area contributed by atoms with Crippen LogP contribution in [0.4, 0.5) is 0 Å². The number of benzene rings is 1. The molecule has 0 saturated carbocycles. The summed E-state index contributed by atoms with van der Waals surface area (Å²) in [5.74, 6) is 0.974. The summed E-state index contributed by atoms with van der Waals surface area (Å²) in [6, 6.07) is 5.82. The van der Waals surface area contributed by atoms with Crippen LogP contribution in [-0.4, -0.2) is 32.1 Å². The van der Waals surface area contributed by atoms with Gasteiger partial charge in [0, 0.05) is 23.2 Å². The molecule has 1 aliphatic heterocycles. The molecule has 0 radical (unpaired) electrons. The van der Waals surface area contributed by atoms with Crippen molar-refractivity contribution in [2.75, 3.05) is 11.5 Å². The molecule has 1 unspecified atom stereocenters. The largest absolute Gasteiger partial charge is 0.489 e. The maximum Gasteiger partial charge on any atom is 0.154 e. The van der Waals surface area contributed by atoms with E-state index >= 15 is 0 Å². The standard InChI is InChI=1S/C14H20ClNO3S/c1-10(2)16-8-12-13(15)4-3-5-14(12)19-11-6-7-20(17,18)9-11/h3-5,10-11,16H,6-9H2,1-2H3. The number of ether oxygens (including phenoxy) is 1. The van der Waals surface area contributed by atoms with E-state index in [1.165, 1.54) is 0 Å². The van der Waals surface area contributed by atoms with Crippen LogP contribution in [0.3, 0.4) is 0 Å².